The van der Waals surface area contributed by atoms with Crippen molar-refractivity contribution in [1.82, 2.24) is 14.9 Å². The van der Waals surface area contributed by atoms with Crippen LogP contribution in [0.4, 0.5) is 9.59 Å². The number of nitrogens with one attached hydrogen (secondary N) is 2. The molecule has 29 heavy (non-hydrogen) atoms. The van der Waals surface area contributed by atoms with Gasteiger partial charge in [-0.15, -0.1) is 0 Å². The van der Waals surface area contributed by atoms with Gasteiger partial charge in [0.2, 0.25) is 0 Å². The fourth-order valence-electron chi connectivity index (χ4n) is 3.50. The molecule has 1 aromatic heterocycles. The molecule has 11 heteroatoms. The summed E-state index contributed by atoms with van der Waals surface area (Å²) < 4.78 is 5.23. The van der Waals surface area contributed by atoms with Crippen molar-refractivity contribution in [2.24, 2.45) is 0 Å². The Morgan fingerprint density at radius 2 is 1.97 bits per heavy atom. The number of carbonyl (C=O) groups excluding carboxylic acids is 2. The Hall–Kier alpha value is -2.95. The van der Waals surface area contributed by atoms with Gasteiger partial charge in [-0.1, -0.05) is 0 Å². The lowest BCUT2D eigenvalue weighted by atomic mass is 10.2. The van der Waals surface area contributed by atoms with Crippen LogP contribution in [-0.2, 0) is 16.1 Å². The molecule has 1 aliphatic heterocycles. The number of likely N-dealkylation sites (tertiary alicyclic amines) is 1. The number of hydrogen-bond acceptors (Lipinski definition) is 6. The van der Waals surface area contributed by atoms with Crippen molar-refractivity contribution in [2.75, 3.05) is 6.54 Å². The van der Waals surface area contributed by atoms with E-state index in [0.717, 1.165) is 4.57 Å². The molecule has 0 aromatic carbocycles. The molecule has 0 saturated carbocycles. The van der Waals surface area contributed by atoms with Gasteiger partial charge in [-0.05, 0) is 34.6 Å². The van der Waals surface area contributed by atoms with Gasteiger partial charge in [-0.3, -0.25) is 14.3 Å². The van der Waals surface area contributed by atoms with E-state index in [9.17, 15) is 29.1 Å². The van der Waals surface area contributed by atoms with Gasteiger partial charge in [0.25, 0.3) is 5.56 Å². The van der Waals surface area contributed by atoms with E-state index in [-0.39, 0.29) is 18.5 Å². The number of aromatic nitrogens is 2. The standard InChI is InChI=1S/C18H26N4O7/c1-10-7-21(15(25)20-14(10)24)8-13(23)22(17(27)28)9-12(6-11(22)2)19-16(26)29-18(3,4)5/h7,11-12H,6,8-9H2,1-5H3,(H2-,19,20,24,25,26,27,28)/p+1/t11-,12+,22-/m1/s1. The minimum atomic E-state index is -1.37. The van der Waals surface area contributed by atoms with Crippen molar-refractivity contribution in [3.8, 4) is 0 Å². The molecule has 1 aromatic rings. The first-order valence-corrected chi connectivity index (χ1v) is 9.21. The lowest BCUT2D eigenvalue weighted by molar-refractivity contribution is -0.793. The van der Waals surface area contributed by atoms with E-state index in [1.807, 2.05) is 0 Å². The smallest absolute Gasteiger partial charge is 0.444 e. The number of rotatable bonds is 3. The molecule has 160 valence electrons. The minimum absolute atomic E-state index is 0.175. The summed E-state index contributed by atoms with van der Waals surface area (Å²) in [5.41, 5.74) is -1.87. The molecule has 11 nitrogen and oxygen atoms in total. The van der Waals surface area contributed by atoms with Crippen molar-refractivity contribution in [3.63, 3.8) is 0 Å². The number of alkyl carbamates (subject to hydrolysis) is 1. The Labute approximate surface area is 166 Å². The molecule has 0 radical (unpaired) electrons. The van der Waals surface area contributed by atoms with Gasteiger partial charge >= 0.3 is 23.8 Å². The van der Waals surface area contributed by atoms with Crippen LogP contribution in [0.5, 0.6) is 0 Å². The van der Waals surface area contributed by atoms with Crippen LogP contribution in [0.25, 0.3) is 0 Å². The number of nitrogens with zero attached hydrogens (tertiary/aromatic N) is 2. The van der Waals surface area contributed by atoms with Crippen LogP contribution in [0.1, 0.15) is 39.7 Å². The topological polar surface area (TPSA) is 148 Å². The zero-order valence-corrected chi connectivity index (χ0v) is 17.1. The van der Waals surface area contributed by atoms with E-state index >= 15 is 0 Å². The molecule has 2 rings (SSSR count). The number of carboxylic acid groups (broad SMARTS) is 1. The highest BCUT2D eigenvalue weighted by Gasteiger charge is 2.56. The summed E-state index contributed by atoms with van der Waals surface area (Å²) in [5, 5.41) is 12.5. The molecule has 3 amide bonds. The average molecular weight is 411 g/mol. The first kappa shape index (κ1) is 22.3. The number of quaternary nitrogens is 1. The molecule has 1 saturated heterocycles. The van der Waals surface area contributed by atoms with Crippen molar-refractivity contribution >= 4 is 18.1 Å². The highest BCUT2D eigenvalue weighted by molar-refractivity contribution is 5.81. The van der Waals surface area contributed by atoms with Gasteiger partial charge in [0.15, 0.2) is 0 Å². The molecule has 0 unspecified atom stereocenters. The van der Waals surface area contributed by atoms with Crippen LogP contribution in [0, 0.1) is 6.92 Å². The van der Waals surface area contributed by atoms with Crippen molar-refractivity contribution in [3.05, 3.63) is 32.6 Å². The fourth-order valence-corrected chi connectivity index (χ4v) is 3.50. The number of carbonyl (C=O) groups is 3. The molecule has 3 N–H and O–H groups in total. The quantitative estimate of drug-likeness (QED) is 0.615. The van der Waals surface area contributed by atoms with E-state index in [2.05, 4.69) is 10.3 Å². The summed E-state index contributed by atoms with van der Waals surface area (Å²) in [6.07, 6.45) is -0.601. The van der Waals surface area contributed by atoms with Crippen LogP contribution < -0.4 is 16.6 Å². The van der Waals surface area contributed by atoms with Gasteiger partial charge in [-0.25, -0.2) is 14.4 Å². The predicted molar refractivity (Wildman–Crippen MR) is 101 cm³/mol. The van der Waals surface area contributed by atoms with Crippen LogP contribution in [0.2, 0.25) is 0 Å². The molecule has 1 fully saturated rings. The normalized spacial score (nSPS) is 24.2. The monoisotopic (exact) mass is 411 g/mol. The summed E-state index contributed by atoms with van der Waals surface area (Å²) in [6, 6.07) is -1.23. The van der Waals surface area contributed by atoms with Crippen molar-refractivity contribution in [2.45, 2.75) is 65.3 Å². The first-order valence-electron chi connectivity index (χ1n) is 9.21. The Bertz CT molecular complexity index is 943. The zero-order chi connectivity index (χ0) is 22.1. The summed E-state index contributed by atoms with van der Waals surface area (Å²) in [6.45, 7) is 7.49. The average Bonchev–Trinajstić information content (AvgIpc) is 2.87. The van der Waals surface area contributed by atoms with Crippen LogP contribution in [0.15, 0.2) is 15.8 Å². The summed E-state index contributed by atoms with van der Waals surface area (Å²) in [4.78, 5) is 62.7. The highest BCUT2D eigenvalue weighted by atomic mass is 16.6. The first-order chi connectivity index (χ1) is 13.3. The number of aromatic amines is 1. The Balaban J connectivity index is 2.25. The maximum absolute atomic E-state index is 13.0. The third-order valence-electron chi connectivity index (χ3n) is 4.89. The third kappa shape index (κ3) is 4.73. The molecule has 2 heterocycles. The lowest BCUT2D eigenvalue weighted by Gasteiger charge is -2.29. The number of imide groups is 1. The van der Waals surface area contributed by atoms with E-state index < -0.39 is 58.1 Å². The van der Waals surface area contributed by atoms with E-state index in [1.54, 1.807) is 27.7 Å². The lowest BCUT2D eigenvalue weighted by Crippen LogP contribution is -2.61. The molecule has 0 aliphatic carbocycles. The molecule has 1 aliphatic rings. The van der Waals surface area contributed by atoms with Crippen molar-refractivity contribution < 1.29 is 28.7 Å². The number of H-pyrrole nitrogens is 1. The van der Waals surface area contributed by atoms with E-state index in [4.69, 9.17) is 4.74 Å². The van der Waals surface area contributed by atoms with Crippen LogP contribution >= 0.6 is 0 Å². The number of aryl methyl sites for hydroxylation is 1. The Morgan fingerprint density at radius 1 is 1.34 bits per heavy atom. The Kier molecular flexibility index (Phi) is 6.02. The summed E-state index contributed by atoms with van der Waals surface area (Å²) in [7, 11) is 0. The van der Waals surface area contributed by atoms with Gasteiger partial charge < -0.3 is 15.2 Å². The highest BCUT2D eigenvalue weighted by Crippen LogP contribution is 2.29. The minimum Gasteiger partial charge on any atom is -0.444 e. The Morgan fingerprint density at radius 3 is 2.52 bits per heavy atom. The third-order valence-corrected chi connectivity index (χ3v) is 4.89. The van der Waals surface area contributed by atoms with E-state index in [1.165, 1.54) is 13.1 Å². The van der Waals surface area contributed by atoms with Gasteiger partial charge in [0.05, 0.1) is 6.04 Å². The van der Waals surface area contributed by atoms with Crippen molar-refractivity contribution in [1.29, 1.82) is 0 Å². The SMILES string of the molecule is Cc1cn(CC(=O)[N@@+]2(C(=O)O)C[C@@H](NC(=O)OC(C)(C)C)C[C@H]2C)c(=O)[nH]c1=O. The molecular weight excluding hydrogens is 384 g/mol. The van der Waals surface area contributed by atoms with Gasteiger partial charge in [0.1, 0.15) is 24.7 Å². The summed E-state index contributed by atoms with van der Waals surface area (Å²) >= 11 is 0. The largest absolute Gasteiger partial charge is 0.521 e. The second kappa shape index (κ2) is 7.82. The van der Waals surface area contributed by atoms with Crippen LogP contribution in [0.3, 0.4) is 0 Å². The molecular formula is C18H27N4O7+. The maximum Gasteiger partial charge on any atom is 0.521 e. The molecule has 0 bridgehead atoms. The number of amides is 3. The van der Waals surface area contributed by atoms with Crippen LogP contribution in [-0.4, -0.2) is 61.5 Å². The second-order valence-electron chi connectivity index (χ2n) is 8.35. The molecule has 0 spiro atoms. The zero-order valence-electron chi connectivity index (χ0n) is 17.1. The molecule has 3 atom stereocenters. The van der Waals surface area contributed by atoms with Gasteiger partial charge in [0, 0.05) is 18.2 Å². The fraction of sp³-hybridized carbons (Fsp3) is 0.611. The number of ether oxygens (including phenoxy) is 1. The second-order valence-corrected chi connectivity index (χ2v) is 8.35. The summed E-state index contributed by atoms with van der Waals surface area (Å²) in [5.74, 6) is -0.730. The maximum atomic E-state index is 13.0. The number of hydrogen-bond donors (Lipinski definition) is 3. The van der Waals surface area contributed by atoms with E-state index in [0.29, 0.717) is 0 Å². The van der Waals surface area contributed by atoms with Gasteiger partial charge in [-0.2, -0.15) is 9.28 Å². The predicted octanol–water partition coefficient (Wildman–Crippen LogP) is 0.552.